The van der Waals surface area contributed by atoms with Gasteiger partial charge < -0.3 is 15.2 Å². The van der Waals surface area contributed by atoms with Crippen LogP contribution < -0.4 is 10.1 Å². The Kier molecular flexibility index (Phi) is 5.07. The minimum Gasteiger partial charge on any atom is -0.497 e. The van der Waals surface area contributed by atoms with Crippen molar-refractivity contribution in [2.24, 2.45) is 0 Å². The predicted molar refractivity (Wildman–Crippen MR) is 77.6 cm³/mol. The number of benzene rings is 1. The van der Waals surface area contributed by atoms with Gasteiger partial charge in [-0.1, -0.05) is 12.1 Å². The SMILES string of the molecule is COc1ccc(CCC(=O)Nc2cnn(CC(=O)O)n2)cc1. The molecule has 1 aromatic carbocycles. The first-order chi connectivity index (χ1) is 10.6. The maximum absolute atomic E-state index is 11.8. The van der Waals surface area contributed by atoms with E-state index in [0.717, 1.165) is 16.1 Å². The fourth-order valence-corrected chi connectivity index (χ4v) is 1.81. The molecule has 1 aromatic heterocycles. The molecular weight excluding hydrogens is 288 g/mol. The number of aromatic nitrogens is 3. The van der Waals surface area contributed by atoms with Crippen LogP contribution in [-0.4, -0.2) is 39.1 Å². The standard InChI is InChI=1S/C14H16N4O4/c1-22-11-5-2-10(3-6-11)4-7-13(19)16-12-8-15-18(17-12)9-14(20)21/h2-3,5-6,8H,4,7,9H2,1H3,(H,20,21)(H,16,17,19). The first-order valence-electron chi connectivity index (χ1n) is 6.61. The Morgan fingerprint density at radius 3 is 2.68 bits per heavy atom. The van der Waals surface area contributed by atoms with E-state index in [1.165, 1.54) is 6.20 Å². The molecule has 22 heavy (non-hydrogen) atoms. The fraction of sp³-hybridized carbons (Fsp3) is 0.286. The molecule has 0 fully saturated rings. The molecule has 0 radical (unpaired) electrons. The molecule has 0 bridgehead atoms. The molecular formula is C14H16N4O4. The minimum absolute atomic E-state index is 0.210. The van der Waals surface area contributed by atoms with Crippen molar-refractivity contribution in [2.45, 2.75) is 19.4 Å². The van der Waals surface area contributed by atoms with Crippen molar-refractivity contribution in [3.63, 3.8) is 0 Å². The number of carbonyl (C=O) groups excluding carboxylic acids is 1. The maximum atomic E-state index is 11.8. The van der Waals surface area contributed by atoms with E-state index in [9.17, 15) is 9.59 Å². The van der Waals surface area contributed by atoms with Crippen LogP contribution in [0.4, 0.5) is 5.82 Å². The highest BCUT2D eigenvalue weighted by Gasteiger charge is 2.08. The van der Waals surface area contributed by atoms with Gasteiger partial charge in [-0.05, 0) is 24.1 Å². The van der Waals surface area contributed by atoms with E-state index in [2.05, 4.69) is 15.5 Å². The first-order valence-corrected chi connectivity index (χ1v) is 6.61. The van der Waals surface area contributed by atoms with Gasteiger partial charge in [-0.2, -0.15) is 9.90 Å². The number of aliphatic carboxylic acids is 1. The third-order valence-electron chi connectivity index (χ3n) is 2.88. The molecule has 2 N–H and O–H groups in total. The van der Waals surface area contributed by atoms with E-state index in [-0.39, 0.29) is 24.7 Å². The number of carboxylic acid groups (broad SMARTS) is 1. The van der Waals surface area contributed by atoms with Gasteiger partial charge in [0.2, 0.25) is 5.91 Å². The maximum Gasteiger partial charge on any atom is 0.327 e. The Morgan fingerprint density at radius 1 is 1.32 bits per heavy atom. The van der Waals surface area contributed by atoms with Crippen molar-refractivity contribution in [1.29, 1.82) is 0 Å². The zero-order valence-electron chi connectivity index (χ0n) is 12.0. The van der Waals surface area contributed by atoms with Crippen LogP contribution in [0.5, 0.6) is 5.75 Å². The molecule has 116 valence electrons. The topological polar surface area (TPSA) is 106 Å². The summed E-state index contributed by atoms with van der Waals surface area (Å²) < 4.78 is 5.06. The summed E-state index contributed by atoms with van der Waals surface area (Å²) in [5.74, 6) is -0.254. The van der Waals surface area contributed by atoms with Crippen LogP contribution in [0.3, 0.4) is 0 Å². The van der Waals surface area contributed by atoms with Crippen LogP contribution in [-0.2, 0) is 22.6 Å². The molecule has 8 heteroatoms. The number of nitrogens with one attached hydrogen (secondary N) is 1. The summed E-state index contributed by atoms with van der Waals surface area (Å²) in [4.78, 5) is 23.3. The van der Waals surface area contributed by atoms with Crippen LogP contribution in [0.25, 0.3) is 0 Å². The summed E-state index contributed by atoms with van der Waals surface area (Å²) in [5.41, 5.74) is 1.02. The van der Waals surface area contributed by atoms with Gasteiger partial charge in [-0.25, -0.2) is 0 Å². The van der Waals surface area contributed by atoms with E-state index >= 15 is 0 Å². The molecule has 2 aromatic rings. The lowest BCUT2D eigenvalue weighted by Gasteiger charge is -2.04. The number of rotatable bonds is 7. The monoisotopic (exact) mass is 304 g/mol. The van der Waals surface area contributed by atoms with Crippen LogP contribution in [0.2, 0.25) is 0 Å². The third kappa shape index (κ3) is 4.58. The van der Waals surface area contributed by atoms with Crippen molar-refractivity contribution < 1.29 is 19.4 Å². The highest BCUT2D eigenvalue weighted by atomic mass is 16.5. The summed E-state index contributed by atoms with van der Waals surface area (Å²) in [5, 5.41) is 18.8. The number of carbonyl (C=O) groups is 2. The summed E-state index contributed by atoms with van der Waals surface area (Å²) >= 11 is 0. The Bertz CT molecular complexity index is 651. The highest BCUT2D eigenvalue weighted by Crippen LogP contribution is 2.12. The Balaban J connectivity index is 1.82. The number of hydrogen-bond donors (Lipinski definition) is 2. The summed E-state index contributed by atoms with van der Waals surface area (Å²) in [6.07, 6.45) is 2.19. The van der Waals surface area contributed by atoms with E-state index < -0.39 is 5.97 Å². The van der Waals surface area contributed by atoms with Crippen LogP contribution in [0.15, 0.2) is 30.5 Å². The quantitative estimate of drug-likeness (QED) is 0.788. The van der Waals surface area contributed by atoms with Gasteiger partial charge in [-0.15, -0.1) is 5.10 Å². The van der Waals surface area contributed by atoms with E-state index in [4.69, 9.17) is 9.84 Å². The molecule has 0 saturated carbocycles. The van der Waals surface area contributed by atoms with Crippen molar-refractivity contribution in [3.8, 4) is 5.75 Å². The molecule has 0 aliphatic rings. The molecule has 0 aliphatic heterocycles. The average Bonchev–Trinajstić information content (AvgIpc) is 2.92. The van der Waals surface area contributed by atoms with Crippen LogP contribution in [0, 0.1) is 0 Å². The predicted octanol–water partition coefficient (Wildman–Crippen LogP) is 0.943. The summed E-state index contributed by atoms with van der Waals surface area (Å²) in [6.45, 7) is -0.346. The molecule has 0 aliphatic carbocycles. The lowest BCUT2D eigenvalue weighted by Crippen LogP contribution is -2.14. The van der Waals surface area contributed by atoms with Crippen LogP contribution in [0.1, 0.15) is 12.0 Å². The number of anilines is 1. The van der Waals surface area contributed by atoms with Gasteiger partial charge in [-0.3, -0.25) is 9.59 Å². The molecule has 1 amide bonds. The average molecular weight is 304 g/mol. The van der Waals surface area contributed by atoms with Gasteiger partial charge in [0, 0.05) is 6.42 Å². The van der Waals surface area contributed by atoms with Gasteiger partial charge in [0.05, 0.1) is 13.3 Å². The molecule has 0 saturated heterocycles. The molecule has 1 heterocycles. The molecule has 2 rings (SSSR count). The van der Waals surface area contributed by atoms with E-state index in [0.29, 0.717) is 6.42 Å². The summed E-state index contributed by atoms with van der Waals surface area (Å²) in [6, 6.07) is 7.47. The van der Waals surface area contributed by atoms with Crippen molar-refractivity contribution in [1.82, 2.24) is 15.0 Å². The van der Waals surface area contributed by atoms with Crippen LogP contribution >= 0.6 is 0 Å². The number of carboxylic acids is 1. The molecule has 8 nitrogen and oxygen atoms in total. The normalized spacial score (nSPS) is 10.2. The lowest BCUT2D eigenvalue weighted by molar-refractivity contribution is -0.138. The van der Waals surface area contributed by atoms with Gasteiger partial charge >= 0.3 is 5.97 Å². The van der Waals surface area contributed by atoms with Crippen molar-refractivity contribution >= 4 is 17.7 Å². The zero-order chi connectivity index (χ0) is 15.9. The van der Waals surface area contributed by atoms with Gasteiger partial charge in [0.15, 0.2) is 12.4 Å². The van der Waals surface area contributed by atoms with Crippen molar-refractivity contribution in [2.75, 3.05) is 12.4 Å². The second kappa shape index (κ2) is 7.21. The lowest BCUT2D eigenvalue weighted by atomic mass is 10.1. The smallest absolute Gasteiger partial charge is 0.327 e. The number of amides is 1. The minimum atomic E-state index is -1.05. The number of aryl methyl sites for hydroxylation is 1. The van der Waals surface area contributed by atoms with Crippen molar-refractivity contribution in [3.05, 3.63) is 36.0 Å². The fourth-order valence-electron chi connectivity index (χ4n) is 1.81. The Labute approximate surface area is 126 Å². The number of ether oxygens (including phenoxy) is 1. The van der Waals surface area contributed by atoms with E-state index in [1.54, 1.807) is 7.11 Å². The molecule has 0 unspecified atom stereocenters. The zero-order valence-corrected chi connectivity index (χ0v) is 12.0. The number of hydrogen-bond acceptors (Lipinski definition) is 5. The first kappa shape index (κ1) is 15.5. The van der Waals surface area contributed by atoms with Gasteiger partial charge in [0.25, 0.3) is 0 Å². The Morgan fingerprint density at radius 2 is 2.05 bits per heavy atom. The molecule has 0 spiro atoms. The largest absolute Gasteiger partial charge is 0.497 e. The van der Waals surface area contributed by atoms with Gasteiger partial charge in [0.1, 0.15) is 5.75 Å². The number of methoxy groups -OCH3 is 1. The summed E-state index contributed by atoms with van der Waals surface area (Å²) in [7, 11) is 1.60. The number of nitrogens with zero attached hydrogens (tertiary/aromatic N) is 3. The van der Waals surface area contributed by atoms with E-state index in [1.807, 2.05) is 24.3 Å². The second-order valence-electron chi connectivity index (χ2n) is 4.55. The second-order valence-corrected chi connectivity index (χ2v) is 4.55. The Hall–Kier alpha value is -2.90. The highest BCUT2D eigenvalue weighted by molar-refractivity contribution is 5.89. The molecule has 0 atom stereocenters. The third-order valence-corrected chi connectivity index (χ3v) is 2.88.